The second-order valence-electron chi connectivity index (χ2n) is 6.12. The number of benzene rings is 1. The Balaban J connectivity index is 2.68. The van der Waals surface area contributed by atoms with Gasteiger partial charge in [-0.1, -0.05) is 6.92 Å². The molecular weight excluding hydrogens is 318 g/mol. The third-order valence-corrected chi connectivity index (χ3v) is 4.57. The number of rotatable bonds is 5. The number of anilines is 1. The van der Waals surface area contributed by atoms with Gasteiger partial charge >= 0.3 is 5.69 Å². The summed E-state index contributed by atoms with van der Waals surface area (Å²) in [5.74, 6) is 0. The zero-order valence-electron chi connectivity index (χ0n) is 13.9. The van der Waals surface area contributed by atoms with Crippen LogP contribution in [0.25, 0.3) is 0 Å². The second kappa shape index (κ2) is 6.70. The Morgan fingerprint density at radius 2 is 2.04 bits per heavy atom. The standard InChI is InChI=1S/C15H21N3O6/c1-4-15(3)9-16(5-6-24-15)14-12(17(20)21)7-11(8-19)10(2)13(14)18(22)23/h7,19H,4-6,8-9H2,1-3H3. The van der Waals surface area contributed by atoms with Gasteiger partial charge in [0.1, 0.15) is 0 Å². The third kappa shape index (κ3) is 3.17. The minimum absolute atomic E-state index is 0.0114. The molecule has 1 aromatic carbocycles. The third-order valence-electron chi connectivity index (χ3n) is 4.57. The average molecular weight is 339 g/mol. The van der Waals surface area contributed by atoms with Crippen molar-refractivity contribution in [3.63, 3.8) is 0 Å². The van der Waals surface area contributed by atoms with E-state index in [-0.39, 0.29) is 28.2 Å². The van der Waals surface area contributed by atoms with Crippen LogP contribution >= 0.6 is 0 Å². The van der Waals surface area contributed by atoms with E-state index in [4.69, 9.17) is 4.74 Å². The summed E-state index contributed by atoms with van der Waals surface area (Å²) >= 11 is 0. The summed E-state index contributed by atoms with van der Waals surface area (Å²) in [6.07, 6.45) is 0.679. The van der Waals surface area contributed by atoms with Gasteiger partial charge in [0, 0.05) is 24.7 Å². The van der Waals surface area contributed by atoms with Crippen LogP contribution in [0.2, 0.25) is 0 Å². The summed E-state index contributed by atoms with van der Waals surface area (Å²) in [6.45, 7) is 5.80. The number of ether oxygens (including phenoxy) is 1. The summed E-state index contributed by atoms with van der Waals surface area (Å²) in [7, 11) is 0. The summed E-state index contributed by atoms with van der Waals surface area (Å²) in [4.78, 5) is 23.5. The first-order chi connectivity index (χ1) is 11.2. The van der Waals surface area contributed by atoms with E-state index in [0.29, 0.717) is 26.1 Å². The number of nitrogens with zero attached hydrogens (tertiary/aromatic N) is 3. The van der Waals surface area contributed by atoms with Gasteiger partial charge in [0.05, 0.1) is 28.7 Å². The maximum absolute atomic E-state index is 11.6. The molecule has 9 nitrogen and oxygen atoms in total. The van der Waals surface area contributed by atoms with Gasteiger partial charge in [-0.3, -0.25) is 20.2 Å². The van der Waals surface area contributed by atoms with Crippen LogP contribution < -0.4 is 4.90 Å². The van der Waals surface area contributed by atoms with Crippen molar-refractivity contribution in [3.05, 3.63) is 37.4 Å². The minimum Gasteiger partial charge on any atom is -0.392 e. The van der Waals surface area contributed by atoms with Gasteiger partial charge in [0.15, 0.2) is 5.69 Å². The van der Waals surface area contributed by atoms with Crippen molar-refractivity contribution in [2.45, 2.75) is 39.4 Å². The van der Waals surface area contributed by atoms with Crippen molar-refractivity contribution in [1.82, 2.24) is 0 Å². The largest absolute Gasteiger partial charge is 0.392 e. The smallest absolute Gasteiger partial charge is 0.302 e. The maximum Gasteiger partial charge on any atom is 0.302 e. The predicted octanol–water partition coefficient (Wildman–Crippen LogP) is 2.31. The Kier molecular flexibility index (Phi) is 5.05. The van der Waals surface area contributed by atoms with E-state index in [1.54, 1.807) is 4.90 Å². The zero-order valence-corrected chi connectivity index (χ0v) is 13.9. The Morgan fingerprint density at radius 3 is 2.54 bits per heavy atom. The molecule has 1 N–H and O–H groups in total. The highest BCUT2D eigenvalue weighted by Gasteiger charge is 2.39. The van der Waals surface area contributed by atoms with E-state index in [2.05, 4.69) is 0 Å². The van der Waals surface area contributed by atoms with E-state index in [1.807, 2.05) is 13.8 Å². The van der Waals surface area contributed by atoms with Crippen LogP contribution in [-0.4, -0.2) is 40.3 Å². The first kappa shape index (κ1) is 18.1. The summed E-state index contributed by atoms with van der Waals surface area (Å²) in [5, 5.41) is 32.5. The van der Waals surface area contributed by atoms with Gasteiger partial charge in [-0.05, 0) is 25.8 Å². The number of hydrogen-bond donors (Lipinski definition) is 1. The van der Waals surface area contributed by atoms with E-state index >= 15 is 0 Å². The molecule has 0 bridgehead atoms. The molecule has 0 radical (unpaired) electrons. The van der Waals surface area contributed by atoms with Crippen LogP contribution in [0.4, 0.5) is 17.1 Å². The van der Waals surface area contributed by atoms with E-state index < -0.39 is 22.1 Å². The summed E-state index contributed by atoms with van der Waals surface area (Å²) < 4.78 is 5.72. The van der Waals surface area contributed by atoms with Crippen molar-refractivity contribution >= 4 is 17.1 Å². The average Bonchev–Trinajstić information content (AvgIpc) is 2.53. The quantitative estimate of drug-likeness (QED) is 0.645. The van der Waals surface area contributed by atoms with Crippen molar-refractivity contribution in [3.8, 4) is 0 Å². The molecule has 0 amide bonds. The Bertz CT molecular complexity index is 678. The fourth-order valence-electron chi connectivity index (χ4n) is 2.97. The highest BCUT2D eigenvalue weighted by Crippen LogP contribution is 2.43. The van der Waals surface area contributed by atoms with E-state index in [0.717, 1.165) is 0 Å². The van der Waals surface area contributed by atoms with Crippen LogP contribution in [-0.2, 0) is 11.3 Å². The first-order valence-electron chi connectivity index (χ1n) is 7.69. The molecule has 1 unspecified atom stereocenters. The lowest BCUT2D eigenvalue weighted by Crippen LogP contribution is -2.50. The highest BCUT2D eigenvalue weighted by atomic mass is 16.6. The lowest BCUT2D eigenvalue weighted by molar-refractivity contribution is -0.393. The topological polar surface area (TPSA) is 119 Å². The molecular formula is C15H21N3O6. The number of aliphatic hydroxyl groups is 1. The van der Waals surface area contributed by atoms with Crippen molar-refractivity contribution < 1.29 is 19.7 Å². The van der Waals surface area contributed by atoms with Crippen LogP contribution in [0.1, 0.15) is 31.4 Å². The molecule has 9 heteroatoms. The summed E-state index contributed by atoms with van der Waals surface area (Å²) in [6, 6.07) is 1.22. The molecule has 1 atom stereocenters. The molecule has 1 aliphatic rings. The van der Waals surface area contributed by atoms with E-state index in [9.17, 15) is 25.3 Å². The van der Waals surface area contributed by atoms with Gasteiger partial charge in [-0.2, -0.15) is 0 Å². The molecule has 2 rings (SSSR count). The molecule has 1 aromatic rings. The monoisotopic (exact) mass is 339 g/mol. The van der Waals surface area contributed by atoms with Crippen molar-refractivity contribution in [1.29, 1.82) is 0 Å². The summed E-state index contributed by atoms with van der Waals surface area (Å²) in [5.41, 5.74) is -0.798. The van der Waals surface area contributed by atoms with Gasteiger partial charge in [-0.15, -0.1) is 0 Å². The lowest BCUT2D eigenvalue weighted by atomic mass is 9.98. The Labute approximate surface area is 139 Å². The fourth-order valence-corrected chi connectivity index (χ4v) is 2.97. The molecule has 132 valence electrons. The van der Waals surface area contributed by atoms with Crippen molar-refractivity contribution in [2.24, 2.45) is 0 Å². The number of nitro benzene ring substituents is 2. The molecule has 1 saturated heterocycles. The van der Waals surface area contributed by atoms with Crippen molar-refractivity contribution in [2.75, 3.05) is 24.6 Å². The molecule has 0 aliphatic carbocycles. The maximum atomic E-state index is 11.6. The molecule has 1 aliphatic heterocycles. The van der Waals surface area contributed by atoms with Gasteiger partial charge < -0.3 is 14.7 Å². The van der Waals surface area contributed by atoms with E-state index in [1.165, 1.54) is 13.0 Å². The molecule has 0 aromatic heterocycles. The van der Waals surface area contributed by atoms with Crippen LogP contribution in [0.15, 0.2) is 6.07 Å². The number of nitro groups is 2. The SMILES string of the molecule is CCC1(C)CN(c2c([N+](=O)[O-])cc(CO)c(C)c2[N+](=O)[O-])CCO1. The van der Waals surface area contributed by atoms with Crippen LogP contribution in [0, 0.1) is 27.2 Å². The second-order valence-corrected chi connectivity index (χ2v) is 6.12. The highest BCUT2D eigenvalue weighted by molar-refractivity contribution is 5.79. The number of morpholine rings is 1. The molecule has 1 heterocycles. The van der Waals surface area contributed by atoms with Crippen LogP contribution in [0.5, 0.6) is 0 Å². The zero-order chi connectivity index (χ0) is 18.1. The Morgan fingerprint density at radius 1 is 1.38 bits per heavy atom. The molecule has 24 heavy (non-hydrogen) atoms. The Hall–Kier alpha value is -2.26. The first-order valence-corrected chi connectivity index (χ1v) is 7.69. The molecule has 0 spiro atoms. The number of aliphatic hydroxyl groups excluding tert-OH is 1. The normalized spacial score (nSPS) is 20.9. The lowest BCUT2D eigenvalue weighted by Gasteiger charge is -2.40. The fraction of sp³-hybridized carbons (Fsp3) is 0.600. The van der Waals surface area contributed by atoms with Gasteiger partial charge in [0.2, 0.25) is 0 Å². The predicted molar refractivity (Wildman–Crippen MR) is 87.3 cm³/mol. The molecule has 0 saturated carbocycles. The van der Waals surface area contributed by atoms with Gasteiger partial charge in [0.25, 0.3) is 5.69 Å². The molecule has 1 fully saturated rings. The van der Waals surface area contributed by atoms with Gasteiger partial charge in [-0.25, -0.2) is 0 Å². The van der Waals surface area contributed by atoms with Crippen LogP contribution in [0.3, 0.4) is 0 Å². The minimum atomic E-state index is -0.639. The number of hydrogen-bond acceptors (Lipinski definition) is 7.